The number of esters is 2. The van der Waals surface area contributed by atoms with E-state index in [1.165, 1.54) is 0 Å². The van der Waals surface area contributed by atoms with E-state index in [1.54, 1.807) is 30.3 Å². The Hall–Kier alpha value is -2.43. The van der Waals surface area contributed by atoms with Crippen LogP contribution in [0.4, 0.5) is 0 Å². The lowest BCUT2D eigenvalue weighted by atomic mass is 9.81. The van der Waals surface area contributed by atoms with Crippen molar-refractivity contribution in [3.8, 4) is 0 Å². The molecule has 1 saturated heterocycles. The number of benzene rings is 1. The van der Waals surface area contributed by atoms with Gasteiger partial charge in [0, 0.05) is 23.7 Å². The molecule has 1 aliphatic heterocycles. The van der Waals surface area contributed by atoms with Gasteiger partial charge in [-0.05, 0) is 24.6 Å². The van der Waals surface area contributed by atoms with Crippen molar-refractivity contribution < 1.29 is 23.9 Å². The van der Waals surface area contributed by atoms with Crippen LogP contribution in [0.5, 0.6) is 0 Å². The van der Waals surface area contributed by atoms with Gasteiger partial charge in [-0.25, -0.2) is 4.79 Å². The Labute approximate surface area is 172 Å². The molecule has 2 fully saturated rings. The van der Waals surface area contributed by atoms with Crippen molar-refractivity contribution in [2.45, 2.75) is 65.1 Å². The van der Waals surface area contributed by atoms with Crippen molar-refractivity contribution in [1.29, 1.82) is 0 Å². The minimum atomic E-state index is -0.428. The van der Waals surface area contributed by atoms with Crippen LogP contribution >= 0.6 is 0 Å². The number of hydrogen-bond acceptors (Lipinski definition) is 5. The van der Waals surface area contributed by atoms with E-state index in [0.29, 0.717) is 18.4 Å². The summed E-state index contributed by atoms with van der Waals surface area (Å²) in [5.74, 6) is -0.813. The highest BCUT2D eigenvalue weighted by Crippen LogP contribution is 2.44. The summed E-state index contributed by atoms with van der Waals surface area (Å²) >= 11 is 0. The zero-order valence-electron chi connectivity index (χ0n) is 17.4. The molecule has 0 aromatic heterocycles. The number of fused-ring (bicyclic) bond motifs is 1. The fourth-order valence-electron chi connectivity index (χ4n) is 4.24. The van der Waals surface area contributed by atoms with E-state index in [-0.39, 0.29) is 29.7 Å². The second kappa shape index (κ2) is 8.93. The second-order valence-electron chi connectivity index (χ2n) is 8.73. The van der Waals surface area contributed by atoms with Crippen LogP contribution in [0.25, 0.3) is 0 Å². The number of ketones is 1. The quantitative estimate of drug-likeness (QED) is 0.476. The molecule has 4 unspecified atom stereocenters. The smallest absolute Gasteiger partial charge is 0.338 e. The molecule has 0 N–H and O–H groups in total. The molecular formula is C24H30O5. The van der Waals surface area contributed by atoms with Crippen molar-refractivity contribution in [2.75, 3.05) is 0 Å². The summed E-state index contributed by atoms with van der Waals surface area (Å²) in [7, 11) is 0. The van der Waals surface area contributed by atoms with Gasteiger partial charge in [0.05, 0.1) is 12.0 Å². The summed E-state index contributed by atoms with van der Waals surface area (Å²) in [5.41, 5.74) is 0.0592. The third kappa shape index (κ3) is 4.95. The highest BCUT2D eigenvalue weighted by molar-refractivity contribution is 5.94. The average molecular weight is 398 g/mol. The maximum atomic E-state index is 12.7. The zero-order valence-corrected chi connectivity index (χ0v) is 17.4. The van der Waals surface area contributed by atoms with E-state index in [2.05, 4.69) is 6.92 Å². The van der Waals surface area contributed by atoms with Gasteiger partial charge in [-0.1, -0.05) is 57.9 Å². The fourth-order valence-corrected chi connectivity index (χ4v) is 4.24. The van der Waals surface area contributed by atoms with E-state index < -0.39 is 17.5 Å². The molecule has 0 spiro atoms. The first-order valence-corrected chi connectivity index (χ1v) is 10.5. The molecule has 1 aromatic rings. The highest BCUT2D eigenvalue weighted by Gasteiger charge is 2.50. The molecule has 156 valence electrons. The monoisotopic (exact) mass is 398 g/mol. The third-order valence-electron chi connectivity index (χ3n) is 6.11. The molecule has 5 nitrogen and oxygen atoms in total. The van der Waals surface area contributed by atoms with Gasteiger partial charge in [-0.3, -0.25) is 9.59 Å². The normalized spacial score (nSPS) is 26.4. The number of carbonyl (C=O) groups is 3. The summed E-state index contributed by atoms with van der Waals surface area (Å²) < 4.78 is 11.2. The summed E-state index contributed by atoms with van der Waals surface area (Å²) in [5, 5.41) is 0. The lowest BCUT2D eigenvalue weighted by Gasteiger charge is -2.23. The number of carbonyl (C=O) groups excluding carboxylic acids is 3. The third-order valence-corrected chi connectivity index (χ3v) is 6.11. The largest absolute Gasteiger partial charge is 0.462 e. The number of rotatable bonds is 8. The summed E-state index contributed by atoms with van der Waals surface area (Å²) in [6.45, 7) is 6.03. The van der Waals surface area contributed by atoms with Crippen LogP contribution in [0.2, 0.25) is 0 Å². The van der Waals surface area contributed by atoms with Gasteiger partial charge < -0.3 is 9.47 Å². The number of hydrogen-bond donors (Lipinski definition) is 0. The Kier molecular flexibility index (Phi) is 6.56. The van der Waals surface area contributed by atoms with Crippen LogP contribution in [-0.2, 0) is 19.1 Å². The molecule has 3 rings (SSSR count). The molecule has 1 aromatic carbocycles. The Morgan fingerprint density at radius 2 is 1.97 bits per heavy atom. The second-order valence-corrected chi connectivity index (χ2v) is 8.73. The van der Waals surface area contributed by atoms with Gasteiger partial charge >= 0.3 is 11.9 Å². The van der Waals surface area contributed by atoms with Crippen molar-refractivity contribution in [2.24, 2.45) is 17.3 Å². The van der Waals surface area contributed by atoms with E-state index in [0.717, 1.165) is 19.3 Å². The Morgan fingerprint density at radius 3 is 2.66 bits per heavy atom. The van der Waals surface area contributed by atoms with Crippen molar-refractivity contribution in [3.63, 3.8) is 0 Å². The SMILES string of the molecule is CCCCC(C)(C)C(=O)/C=C/C1C(OC(=O)c2ccccc2)CC2OC(=O)CC21. The van der Waals surface area contributed by atoms with Crippen LogP contribution in [0.1, 0.15) is 63.2 Å². The van der Waals surface area contributed by atoms with E-state index in [4.69, 9.17) is 9.47 Å². The van der Waals surface area contributed by atoms with Gasteiger partial charge in [-0.15, -0.1) is 0 Å². The van der Waals surface area contributed by atoms with E-state index in [1.807, 2.05) is 26.0 Å². The average Bonchev–Trinajstić information content (AvgIpc) is 3.20. The highest BCUT2D eigenvalue weighted by atomic mass is 16.6. The Bertz CT molecular complexity index is 780. The Morgan fingerprint density at radius 1 is 1.24 bits per heavy atom. The standard InChI is InChI=1S/C24H30O5/c1-4-5-13-24(2,3)21(25)12-11-17-18-14-22(26)28-20(18)15-19(17)29-23(27)16-9-7-6-8-10-16/h6-12,17-20H,4-5,13-15H2,1-3H3/b12-11+. The van der Waals surface area contributed by atoms with Crippen LogP contribution in [-0.4, -0.2) is 29.9 Å². The summed E-state index contributed by atoms with van der Waals surface area (Å²) in [4.78, 5) is 37.0. The molecule has 29 heavy (non-hydrogen) atoms. The first-order chi connectivity index (χ1) is 13.8. The van der Waals surface area contributed by atoms with Gasteiger partial charge in [0.25, 0.3) is 0 Å². The lowest BCUT2D eigenvalue weighted by Crippen LogP contribution is -2.26. The van der Waals surface area contributed by atoms with Gasteiger partial charge in [0.15, 0.2) is 5.78 Å². The summed E-state index contributed by atoms with van der Waals surface area (Å²) in [6.07, 6.45) is 6.44. The molecule has 4 atom stereocenters. The summed E-state index contributed by atoms with van der Waals surface area (Å²) in [6, 6.07) is 8.84. The first-order valence-electron chi connectivity index (χ1n) is 10.5. The molecule has 5 heteroatoms. The minimum Gasteiger partial charge on any atom is -0.462 e. The molecular weight excluding hydrogens is 368 g/mol. The van der Waals surface area contributed by atoms with Gasteiger partial charge in [0.2, 0.25) is 0 Å². The molecule has 0 bridgehead atoms. The first kappa shape index (κ1) is 21.3. The predicted octanol–water partition coefficient (Wildman–Crippen LogP) is 4.51. The lowest BCUT2D eigenvalue weighted by molar-refractivity contribution is -0.141. The fraction of sp³-hybridized carbons (Fsp3) is 0.542. The molecule has 1 saturated carbocycles. The molecule has 0 amide bonds. The Balaban J connectivity index is 1.74. The molecule has 0 radical (unpaired) electrons. The van der Waals surface area contributed by atoms with Crippen molar-refractivity contribution >= 4 is 17.7 Å². The van der Waals surface area contributed by atoms with Crippen LogP contribution in [0, 0.1) is 17.3 Å². The maximum Gasteiger partial charge on any atom is 0.338 e. The zero-order chi connectivity index (χ0) is 21.0. The molecule has 2 aliphatic rings. The predicted molar refractivity (Wildman–Crippen MR) is 109 cm³/mol. The van der Waals surface area contributed by atoms with Crippen LogP contribution in [0.3, 0.4) is 0 Å². The van der Waals surface area contributed by atoms with Crippen molar-refractivity contribution in [1.82, 2.24) is 0 Å². The number of ether oxygens (including phenoxy) is 2. The van der Waals surface area contributed by atoms with Gasteiger partial charge in [0.1, 0.15) is 12.2 Å². The number of unbranched alkanes of at least 4 members (excludes halogenated alkanes) is 1. The minimum absolute atomic E-state index is 0.0566. The van der Waals surface area contributed by atoms with Crippen LogP contribution in [0.15, 0.2) is 42.5 Å². The molecule has 1 heterocycles. The maximum absolute atomic E-state index is 12.7. The number of allylic oxidation sites excluding steroid dienone is 1. The van der Waals surface area contributed by atoms with Crippen molar-refractivity contribution in [3.05, 3.63) is 48.0 Å². The molecule has 1 aliphatic carbocycles. The topological polar surface area (TPSA) is 69.7 Å². The van der Waals surface area contributed by atoms with E-state index in [9.17, 15) is 14.4 Å². The van der Waals surface area contributed by atoms with Gasteiger partial charge in [-0.2, -0.15) is 0 Å². The van der Waals surface area contributed by atoms with Crippen LogP contribution < -0.4 is 0 Å². The van der Waals surface area contributed by atoms with E-state index >= 15 is 0 Å².